The van der Waals surface area contributed by atoms with E-state index in [1.165, 1.54) is 0 Å². The number of amides is 1. The first-order chi connectivity index (χ1) is 11.2. The summed E-state index contributed by atoms with van der Waals surface area (Å²) in [4.78, 5) is 19.6. The van der Waals surface area contributed by atoms with E-state index in [2.05, 4.69) is 15.3 Å². The SMILES string of the molecule is O=C(CSCc1nc2ccccc2[nH]1)NCc1ccc(Cl)cc1. The second-order valence-electron chi connectivity index (χ2n) is 5.10. The zero-order valence-electron chi connectivity index (χ0n) is 12.4. The van der Waals surface area contributed by atoms with Gasteiger partial charge in [-0.15, -0.1) is 11.8 Å². The number of aromatic nitrogens is 2. The van der Waals surface area contributed by atoms with Crippen molar-refractivity contribution in [3.63, 3.8) is 0 Å². The van der Waals surface area contributed by atoms with Crippen molar-refractivity contribution >= 4 is 40.3 Å². The molecule has 2 N–H and O–H groups in total. The maximum absolute atomic E-state index is 11.9. The molecule has 3 aromatic rings. The van der Waals surface area contributed by atoms with Gasteiger partial charge in [-0.3, -0.25) is 4.79 Å². The molecule has 4 nitrogen and oxygen atoms in total. The van der Waals surface area contributed by atoms with Gasteiger partial charge in [-0.05, 0) is 29.8 Å². The highest BCUT2D eigenvalue weighted by Crippen LogP contribution is 2.15. The Kier molecular flexibility index (Phi) is 5.20. The second-order valence-corrected chi connectivity index (χ2v) is 6.52. The fourth-order valence-electron chi connectivity index (χ4n) is 2.17. The average molecular weight is 346 g/mol. The van der Waals surface area contributed by atoms with Crippen LogP contribution >= 0.6 is 23.4 Å². The first-order valence-electron chi connectivity index (χ1n) is 7.23. The summed E-state index contributed by atoms with van der Waals surface area (Å²) in [6, 6.07) is 15.4. The van der Waals surface area contributed by atoms with Crippen molar-refractivity contribution in [2.45, 2.75) is 12.3 Å². The van der Waals surface area contributed by atoms with Gasteiger partial charge in [-0.25, -0.2) is 4.98 Å². The Hall–Kier alpha value is -1.98. The van der Waals surface area contributed by atoms with Crippen molar-refractivity contribution in [1.82, 2.24) is 15.3 Å². The molecule has 0 bridgehead atoms. The van der Waals surface area contributed by atoms with Gasteiger partial charge in [0.2, 0.25) is 5.91 Å². The predicted octanol–water partition coefficient (Wildman–Crippen LogP) is 3.77. The largest absolute Gasteiger partial charge is 0.351 e. The molecule has 0 aliphatic heterocycles. The van der Waals surface area contributed by atoms with E-state index >= 15 is 0 Å². The first-order valence-corrected chi connectivity index (χ1v) is 8.76. The third kappa shape index (κ3) is 4.50. The molecule has 1 amide bonds. The van der Waals surface area contributed by atoms with Crippen molar-refractivity contribution in [2.24, 2.45) is 0 Å². The summed E-state index contributed by atoms with van der Waals surface area (Å²) in [5, 5.41) is 3.59. The van der Waals surface area contributed by atoms with Crippen LogP contribution in [-0.2, 0) is 17.1 Å². The van der Waals surface area contributed by atoms with Crippen LogP contribution < -0.4 is 5.32 Å². The predicted molar refractivity (Wildman–Crippen MR) is 95.6 cm³/mol. The quantitative estimate of drug-likeness (QED) is 0.715. The summed E-state index contributed by atoms with van der Waals surface area (Å²) in [6.07, 6.45) is 0. The van der Waals surface area contributed by atoms with Crippen molar-refractivity contribution in [1.29, 1.82) is 0 Å². The minimum atomic E-state index is 0.0149. The van der Waals surface area contributed by atoms with Gasteiger partial charge in [0.15, 0.2) is 0 Å². The molecular formula is C17H16ClN3OS. The number of nitrogens with zero attached hydrogens (tertiary/aromatic N) is 1. The molecule has 23 heavy (non-hydrogen) atoms. The number of carbonyl (C=O) groups excluding carboxylic acids is 1. The highest BCUT2D eigenvalue weighted by molar-refractivity contribution is 7.99. The molecule has 2 aromatic carbocycles. The molecule has 0 radical (unpaired) electrons. The number of halogens is 1. The van der Waals surface area contributed by atoms with Gasteiger partial charge in [0.05, 0.1) is 22.5 Å². The summed E-state index contributed by atoms with van der Waals surface area (Å²) in [6.45, 7) is 0.515. The molecule has 6 heteroatoms. The number of H-pyrrole nitrogens is 1. The number of fused-ring (bicyclic) bond motifs is 1. The summed E-state index contributed by atoms with van der Waals surface area (Å²) in [5.74, 6) is 2.00. The van der Waals surface area contributed by atoms with Crippen molar-refractivity contribution in [2.75, 3.05) is 5.75 Å². The monoisotopic (exact) mass is 345 g/mol. The maximum atomic E-state index is 11.9. The van der Waals surface area contributed by atoms with Crippen LogP contribution in [0, 0.1) is 0 Å². The molecule has 0 fully saturated rings. The minimum Gasteiger partial charge on any atom is -0.351 e. The summed E-state index contributed by atoms with van der Waals surface area (Å²) < 4.78 is 0. The number of nitrogens with one attached hydrogen (secondary N) is 2. The average Bonchev–Trinajstić information content (AvgIpc) is 2.97. The third-order valence-electron chi connectivity index (χ3n) is 3.31. The van der Waals surface area contributed by atoms with Crippen molar-refractivity contribution in [3.8, 4) is 0 Å². The molecule has 118 valence electrons. The van der Waals surface area contributed by atoms with E-state index < -0.39 is 0 Å². The number of carbonyl (C=O) groups is 1. The van der Waals surface area contributed by atoms with Crippen LogP contribution in [0.25, 0.3) is 11.0 Å². The van der Waals surface area contributed by atoms with E-state index in [0.29, 0.717) is 23.1 Å². The lowest BCUT2D eigenvalue weighted by Gasteiger charge is -2.05. The van der Waals surface area contributed by atoms with Crippen LogP contribution in [0.4, 0.5) is 0 Å². The number of thioether (sulfide) groups is 1. The highest BCUT2D eigenvalue weighted by atomic mass is 35.5. The zero-order chi connectivity index (χ0) is 16.1. The molecule has 0 unspecified atom stereocenters. The van der Waals surface area contributed by atoms with Crippen LogP contribution in [0.2, 0.25) is 5.02 Å². The molecular weight excluding hydrogens is 330 g/mol. The standard InChI is InChI=1S/C17H16ClN3OS/c18-13-7-5-12(6-8-13)9-19-17(22)11-23-10-16-20-14-3-1-2-4-15(14)21-16/h1-8H,9-11H2,(H,19,22)(H,20,21). The number of para-hydroxylation sites is 2. The van der Waals surface area contributed by atoms with Crippen LogP contribution in [-0.4, -0.2) is 21.6 Å². The first kappa shape index (κ1) is 15.9. The molecule has 0 aliphatic carbocycles. The van der Waals surface area contributed by atoms with Crippen molar-refractivity contribution in [3.05, 3.63) is 64.9 Å². The van der Waals surface area contributed by atoms with Gasteiger partial charge < -0.3 is 10.3 Å². The molecule has 0 saturated heterocycles. The zero-order valence-corrected chi connectivity index (χ0v) is 14.0. The molecule has 0 saturated carbocycles. The number of hydrogen-bond acceptors (Lipinski definition) is 3. The topological polar surface area (TPSA) is 57.8 Å². The molecule has 1 aromatic heterocycles. The van der Waals surface area contributed by atoms with E-state index in [4.69, 9.17) is 11.6 Å². The van der Waals surface area contributed by atoms with Gasteiger partial charge in [-0.1, -0.05) is 35.9 Å². The Morgan fingerprint density at radius 1 is 1.17 bits per heavy atom. The lowest BCUT2D eigenvalue weighted by atomic mass is 10.2. The van der Waals surface area contributed by atoms with Crippen molar-refractivity contribution < 1.29 is 4.79 Å². The Bertz CT molecular complexity index is 768. The summed E-state index contributed by atoms with van der Waals surface area (Å²) >= 11 is 7.37. The summed E-state index contributed by atoms with van der Waals surface area (Å²) in [7, 11) is 0. The number of aromatic amines is 1. The number of imidazole rings is 1. The van der Waals surface area contributed by atoms with Crippen LogP contribution in [0.3, 0.4) is 0 Å². The lowest BCUT2D eigenvalue weighted by Crippen LogP contribution is -2.24. The van der Waals surface area contributed by atoms with E-state index in [1.807, 2.05) is 48.5 Å². The third-order valence-corrected chi connectivity index (χ3v) is 4.51. The molecule has 1 heterocycles. The minimum absolute atomic E-state index is 0.0149. The Morgan fingerprint density at radius 3 is 2.74 bits per heavy atom. The molecule has 3 rings (SSSR count). The van der Waals surface area contributed by atoms with Gasteiger partial charge in [0, 0.05) is 11.6 Å². The Labute approximate surface area is 143 Å². The second kappa shape index (κ2) is 7.53. The van der Waals surface area contributed by atoms with Crippen LogP contribution in [0.15, 0.2) is 48.5 Å². The molecule has 0 atom stereocenters. The normalized spacial score (nSPS) is 10.8. The Morgan fingerprint density at radius 2 is 1.96 bits per heavy atom. The number of hydrogen-bond donors (Lipinski definition) is 2. The van der Waals surface area contributed by atoms with Gasteiger partial charge in [0.1, 0.15) is 5.82 Å². The van der Waals surface area contributed by atoms with Gasteiger partial charge in [-0.2, -0.15) is 0 Å². The van der Waals surface area contributed by atoms with Gasteiger partial charge in [0.25, 0.3) is 0 Å². The van der Waals surface area contributed by atoms with E-state index in [-0.39, 0.29) is 5.91 Å². The fourth-order valence-corrected chi connectivity index (χ4v) is 3.01. The van der Waals surface area contributed by atoms with E-state index in [1.54, 1.807) is 11.8 Å². The number of benzene rings is 2. The maximum Gasteiger partial charge on any atom is 0.230 e. The summed E-state index contributed by atoms with van der Waals surface area (Å²) in [5.41, 5.74) is 3.01. The smallest absolute Gasteiger partial charge is 0.230 e. The lowest BCUT2D eigenvalue weighted by molar-refractivity contribution is -0.118. The van der Waals surface area contributed by atoms with Crippen LogP contribution in [0.5, 0.6) is 0 Å². The molecule has 0 aliphatic rings. The van der Waals surface area contributed by atoms with E-state index in [9.17, 15) is 4.79 Å². The fraction of sp³-hybridized carbons (Fsp3) is 0.176. The van der Waals surface area contributed by atoms with Gasteiger partial charge >= 0.3 is 0 Å². The Balaban J connectivity index is 1.43. The van der Waals surface area contributed by atoms with Crippen LogP contribution in [0.1, 0.15) is 11.4 Å². The molecule has 0 spiro atoms. The highest BCUT2D eigenvalue weighted by Gasteiger charge is 2.05. The van der Waals surface area contributed by atoms with E-state index in [0.717, 1.165) is 22.4 Å². The number of rotatable bonds is 6.